The van der Waals surface area contributed by atoms with Crippen LogP contribution in [0.5, 0.6) is 0 Å². The Hall–Kier alpha value is -0.650. The predicted octanol–water partition coefficient (Wildman–Crippen LogP) is 0.173. The van der Waals surface area contributed by atoms with Crippen LogP contribution in [-0.2, 0) is 9.53 Å². The van der Waals surface area contributed by atoms with Crippen molar-refractivity contribution in [2.24, 2.45) is 5.41 Å². The first-order valence-corrected chi connectivity index (χ1v) is 7.49. The summed E-state index contributed by atoms with van der Waals surface area (Å²) >= 11 is 0. The van der Waals surface area contributed by atoms with E-state index in [4.69, 9.17) is 4.74 Å². The van der Waals surface area contributed by atoms with Crippen molar-refractivity contribution in [1.29, 1.82) is 0 Å². The van der Waals surface area contributed by atoms with Gasteiger partial charge < -0.3 is 20.5 Å². The summed E-state index contributed by atoms with van der Waals surface area (Å²) in [5.74, 6) is 0.0442. The molecule has 0 aromatic rings. The van der Waals surface area contributed by atoms with Crippen molar-refractivity contribution in [2.45, 2.75) is 63.3 Å². The van der Waals surface area contributed by atoms with E-state index in [1.54, 1.807) is 0 Å². The summed E-state index contributed by atoms with van der Waals surface area (Å²) in [6.45, 7) is 3.31. The maximum atomic E-state index is 12.2. The maximum Gasteiger partial charge on any atom is 0.237 e. The molecule has 108 valence electrons. The molecule has 3 N–H and O–H groups in total. The zero-order valence-corrected chi connectivity index (χ0v) is 11.5. The van der Waals surface area contributed by atoms with Gasteiger partial charge in [0.05, 0.1) is 18.2 Å². The van der Waals surface area contributed by atoms with Gasteiger partial charge in [0, 0.05) is 24.6 Å². The number of ether oxygens (including phenoxy) is 1. The van der Waals surface area contributed by atoms with Gasteiger partial charge in [-0.25, -0.2) is 0 Å². The molecular weight excluding hydrogens is 244 g/mol. The van der Waals surface area contributed by atoms with Gasteiger partial charge in [0.25, 0.3) is 0 Å². The van der Waals surface area contributed by atoms with E-state index >= 15 is 0 Å². The summed E-state index contributed by atoms with van der Waals surface area (Å²) in [4.78, 5) is 12.2. The molecule has 5 nitrogen and oxygen atoms in total. The molecule has 0 aromatic carbocycles. The van der Waals surface area contributed by atoms with E-state index in [1.165, 1.54) is 19.3 Å². The number of amides is 1. The zero-order valence-electron chi connectivity index (χ0n) is 11.5. The number of aliphatic hydroxyl groups is 1. The first-order chi connectivity index (χ1) is 9.15. The van der Waals surface area contributed by atoms with Crippen LogP contribution < -0.4 is 10.6 Å². The molecule has 1 aliphatic heterocycles. The van der Waals surface area contributed by atoms with Crippen LogP contribution in [0.2, 0.25) is 0 Å². The van der Waals surface area contributed by atoms with Gasteiger partial charge in [-0.1, -0.05) is 6.42 Å². The second-order valence-electron chi connectivity index (χ2n) is 6.18. The number of hydrogen-bond donors (Lipinski definition) is 3. The lowest BCUT2D eigenvalue weighted by atomic mass is 9.51. The molecule has 5 heteroatoms. The van der Waals surface area contributed by atoms with Crippen LogP contribution in [0.15, 0.2) is 0 Å². The molecule has 2 aliphatic carbocycles. The van der Waals surface area contributed by atoms with Gasteiger partial charge in [-0.05, 0) is 32.6 Å². The SMILES string of the molecule is CCOC1CC(NC(=O)C2CC(O)CN2)C12CCC2. The molecule has 1 spiro atoms. The third-order valence-electron chi connectivity index (χ3n) is 5.18. The predicted molar refractivity (Wildman–Crippen MR) is 70.7 cm³/mol. The normalized spacial score (nSPS) is 39.7. The molecule has 1 amide bonds. The molecule has 0 radical (unpaired) electrons. The van der Waals surface area contributed by atoms with Crippen LogP contribution in [0.4, 0.5) is 0 Å². The highest BCUT2D eigenvalue weighted by Gasteiger charge is 2.59. The van der Waals surface area contributed by atoms with Crippen LogP contribution in [-0.4, -0.2) is 48.5 Å². The molecule has 0 aromatic heterocycles. The van der Waals surface area contributed by atoms with Crippen LogP contribution >= 0.6 is 0 Å². The third-order valence-corrected chi connectivity index (χ3v) is 5.18. The standard InChI is InChI=1S/C14H24N2O3/c1-2-19-12-7-11(14(12)4-3-5-14)16-13(18)10-6-9(17)8-15-10/h9-12,15,17H,2-8H2,1H3,(H,16,18). The van der Waals surface area contributed by atoms with Crippen molar-refractivity contribution in [3.8, 4) is 0 Å². The van der Waals surface area contributed by atoms with Gasteiger partial charge in [0.2, 0.25) is 5.91 Å². The van der Waals surface area contributed by atoms with Crippen molar-refractivity contribution in [2.75, 3.05) is 13.2 Å². The number of hydrogen-bond acceptors (Lipinski definition) is 4. The van der Waals surface area contributed by atoms with Gasteiger partial charge in [-0.15, -0.1) is 0 Å². The Morgan fingerprint density at radius 1 is 1.47 bits per heavy atom. The van der Waals surface area contributed by atoms with E-state index in [2.05, 4.69) is 10.6 Å². The van der Waals surface area contributed by atoms with Gasteiger partial charge in [0.1, 0.15) is 0 Å². The summed E-state index contributed by atoms with van der Waals surface area (Å²) in [7, 11) is 0. The highest BCUT2D eigenvalue weighted by molar-refractivity contribution is 5.82. The fraction of sp³-hybridized carbons (Fsp3) is 0.929. The van der Waals surface area contributed by atoms with Crippen LogP contribution in [0.25, 0.3) is 0 Å². The van der Waals surface area contributed by atoms with E-state index in [-0.39, 0.29) is 29.5 Å². The molecule has 4 unspecified atom stereocenters. The van der Waals surface area contributed by atoms with E-state index in [0.29, 0.717) is 19.1 Å². The second kappa shape index (κ2) is 5.04. The molecular formula is C14H24N2O3. The first-order valence-electron chi connectivity index (χ1n) is 7.49. The second-order valence-corrected chi connectivity index (χ2v) is 6.18. The lowest BCUT2D eigenvalue weighted by molar-refractivity contribution is -0.176. The largest absolute Gasteiger partial charge is 0.392 e. The molecule has 0 bridgehead atoms. The lowest BCUT2D eigenvalue weighted by Gasteiger charge is -2.61. The van der Waals surface area contributed by atoms with Gasteiger partial charge in [-0.2, -0.15) is 0 Å². The molecule has 1 heterocycles. The minimum atomic E-state index is -0.383. The quantitative estimate of drug-likeness (QED) is 0.680. The fourth-order valence-corrected chi connectivity index (χ4v) is 3.83. The average molecular weight is 268 g/mol. The summed E-state index contributed by atoms with van der Waals surface area (Å²) in [6.07, 6.45) is 5.00. The molecule has 4 atom stereocenters. The monoisotopic (exact) mass is 268 g/mol. The number of carbonyl (C=O) groups excluding carboxylic acids is 1. The number of nitrogens with one attached hydrogen (secondary N) is 2. The highest BCUT2D eigenvalue weighted by Crippen LogP contribution is 2.57. The summed E-state index contributed by atoms with van der Waals surface area (Å²) in [5, 5.41) is 15.7. The van der Waals surface area contributed by atoms with Crippen molar-refractivity contribution in [3.05, 3.63) is 0 Å². The molecule has 3 rings (SSSR count). The van der Waals surface area contributed by atoms with Crippen LogP contribution in [0.3, 0.4) is 0 Å². The topological polar surface area (TPSA) is 70.6 Å². The van der Waals surface area contributed by atoms with E-state index in [9.17, 15) is 9.90 Å². The molecule has 3 fully saturated rings. The zero-order chi connectivity index (χ0) is 13.5. The molecule has 19 heavy (non-hydrogen) atoms. The summed E-state index contributed by atoms with van der Waals surface area (Å²) < 4.78 is 5.78. The Bertz CT molecular complexity index is 357. The van der Waals surface area contributed by atoms with Crippen molar-refractivity contribution in [1.82, 2.24) is 10.6 Å². The van der Waals surface area contributed by atoms with Gasteiger partial charge in [0.15, 0.2) is 0 Å². The molecule has 1 saturated heterocycles. The number of aliphatic hydroxyl groups excluding tert-OH is 1. The lowest BCUT2D eigenvalue weighted by Crippen LogP contribution is -2.68. The summed E-state index contributed by atoms with van der Waals surface area (Å²) in [5.41, 5.74) is 0.211. The Balaban J connectivity index is 1.54. The van der Waals surface area contributed by atoms with E-state index < -0.39 is 0 Å². The number of β-amino-alcohol motifs (C(OH)–C–C–N with tert-alkyl or cyclic N) is 1. The Kier molecular flexibility index (Phi) is 3.53. The van der Waals surface area contributed by atoms with Crippen molar-refractivity contribution < 1.29 is 14.6 Å². The number of rotatable bonds is 4. The van der Waals surface area contributed by atoms with Crippen molar-refractivity contribution in [3.63, 3.8) is 0 Å². The van der Waals surface area contributed by atoms with Crippen LogP contribution in [0.1, 0.15) is 39.0 Å². The van der Waals surface area contributed by atoms with E-state index in [0.717, 1.165) is 13.0 Å². The van der Waals surface area contributed by atoms with Gasteiger partial charge >= 0.3 is 0 Å². The highest BCUT2D eigenvalue weighted by atomic mass is 16.5. The number of carbonyl (C=O) groups is 1. The smallest absolute Gasteiger partial charge is 0.237 e. The average Bonchev–Trinajstić information content (AvgIpc) is 2.72. The minimum absolute atomic E-state index is 0.0442. The maximum absolute atomic E-state index is 12.2. The van der Waals surface area contributed by atoms with Crippen molar-refractivity contribution >= 4 is 5.91 Å². The van der Waals surface area contributed by atoms with E-state index in [1.807, 2.05) is 6.92 Å². The summed E-state index contributed by atoms with van der Waals surface area (Å²) in [6, 6.07) is 0.0445. The Morgan fingerprint density at radius 2 is 2.26 bits per heavy atom. The minimum Gasteiger partial charge on any atom is -0.392 e. The fourth-order valence-electron chi connectivity index (χ4n) is 3.83. The molecule has 2 saturated carbocycles. The Labute approximate surface area is 114 Å². The molecule has 3 aliphatic rings. The van der Waals surface area contributed by atoms with Gasteiger partial charge in [-0.3, -0.25) is 4.79 Å². The van der Waals surface area contributed by atoms with Crippen LogP contribution in [0, 0.1) is 5.41 Å². The Morgan fingerprint density at radius 3 is 2.79 bits per heavy atom. The third kappa shape index (κ3) is 2.18. The first kappa shape index (κ1) is 13.3.